The van der Waals surface area contributed by atoms with Crippen LogP contribution in [0.2, 0.25) is 0 Å². The molecule has 0 saturated heterocycles. The number of rotatable bonds is 4. The van der Waals surface area contributed by atoms with Crippen LogP contribution < -0.4 is 4.90 Å². The van der Waals surface area contributed by atoms with E-state index in [2.05, 4.69) is 74.5 Å². The van der Waals surface area contributed by atoms with E-state index in [-0.39, 0.29) is 5.41 Å². The van der Waals surface area contributed by atoms with Crippen LogP contribution >= 0.6 is 0 Å². The Balaban J connectivity index is 2.24. The molecule has 0 saturated carbocycles. The Labute approximate surface area is 150 Å². The normalized spacial score (nSPS) is 14.7. The second kappa shape index (κ2) is 6.66. The van der Waals surface area contributed by atoms with Crippen molar-refractivity contribution in [1.82, 2.24) is 0 Å². The molecular formula is C23H25NO. The molecule has 25 heavy (non-hydrogen) atoms. The van der Waals surface area contributed by atoms with Crippen LogP contribution in [0, 0.1) is 0 Å². The molecule has 0 bridgehead atoms. The van der Waals surface area contributed by atoms with Gasteiger partial charge in [-0.25, -0.2) is 0 Å². The third-order valence-electron chi connectivity index (χ3n) is 4.77. The summed E-state index contributed by atoms with van der Waals surface area (Å²) >= 11 is 0. The third-order valence-corrected chi connectivity index (χ3v) is 4.77. The Hall–Kier alpha value is -2.70. The molecule has 128 valence electrons. The molecule has 0 N–H and O–H groups in total. The summed E-state index contributed by atoms with van der Waals surface area (Å²) in [6.45, 7) is 11.2. The van der Waals surface area contributed by atoms with Gasteiger partial charge in [-0.3, -0.25) is 0 Å². The van der Waals surface area contributed by atoms with Crippen molar-refractivity contribution < 1.29 is 4.74 Å². The van der Waals surface area contributed by atoms with Crippen molar-refractivity contribution in [2.75, 3.05) is 18.6 Å². The molecule has 0 unspecified atom stereocenters. The van der Waals surface area contributed by atoms with Crippen molar-refractivity contribution in [3.05, 3.63) is 89.5 Å². The van der Waals surface area contributed by atoms with Gasteiger partial charge >= 0.3 is 0 Å². The molecule has 1 aliphatic rings. The molecule has 0 fully saturated rings. The summed E-state index contributed by atoms with van der Waals surface area (Å²) in [5.41, 5.74) is 9.14. The highest BCUT2D eigenvalue weighted by molar-refractivity contribution is 5.79. The molecule has 0 amide bonds. The van der Waals surface area contributed by atoms with Gasteiger partial charge in [0, 0.05) is 18.2 Å². The van der Waals surface area contributed by atoms with E-state index in [9.17, 15) is 0 Å². The highest BCUT2D eigenvalue weighted by atomic mass is 16.5. The molecule has 2 nitrogen and oxygen atoms in total. The van der Waals surface area contributed by atoms with Crippen molar-refractivity contribution in [2.24, 2.45) is 0 Å². The van der Waals surface area contributed by atoms with Gasteiger partial charge in [-0.05, 0) is 38.0 Å². The van der Waals surface area contributed by atoms with Gasteiger partial charge < -0.3 is 9.64 Å². The van der Waals surface area contributed by atoms with Gasteiger partial charge in [0.1, 0.15) is 5.76 Å². The second-order valence-electron chi connectivity index (χ2n) is 6.77. The smallest absolute Gasteiger partial charge is 0.127 e. The van der Waals surface area contributed by atoms with E-state index in [0.29, 0.717) is 12.4 Å². The first-order chi connectivity index (χ1) is 12.0. The summed E-state index contributed by atoms with van der Waals surface area (Å²) in [6, 6.07) is 18.7. The molecule has 3 rings (SSSR count). The molecule has 2 aromatic carbocycles. The van der Waals surface area contributed by atoms with Crippen LogP contribution in [0.5, 0.6) is 0 Å². The minimum Gasteiger partial charge on any atom is -0.493 e. The number of allylic oxidation sites excluding steroid dienone is 1. The summed E-state index contributed by atoms with van der Waals surface area (Å²) in [7, 11) is 2.10. The molecule has 0 aromatic heterocycles. The summed E-state index contributed by atoms with van der Waals surface area (Å²) < 4.78 is 5.72. The first kappa shape index (κ1) is 17.1. The SMILES string of the molecule is C=C(OCC)C(=C=C1N(C)c2ccccc2C1(C)C)c1ccccc1. The zero-order valence-corrected chi connectivity index (χ0v) is 15.5. The minimum atomic E-state index is -0.127. The highest BCUT2D eigenvalue weighted by Crippen LogP contribution is 2.46. The van der Waals surface area contributed by atoms with Gasteiger partial charge in [0.25, 0.3) is 0 Å². The Kier molecular flexibility index (Phi) is 4.57. The maximum atomic E-state index is 5.72. The standard InChI is InChI=1S/C23H25NO/c1-6-25-17(2)19(18-12-8-7-9-13-18)16-22-23(3,4)20-14-10-11-15-21(20)24(22)5/h7-15H,2,6H2,1,3-5H3. The van der Waals surface area contributed by atoms with Crippen LogP contribution in [0.4, 0.5) is 5.69 Å². The largest absolute Gasteiger partial charge is 0.493 e. The van der Waals surface area contributed by atoms with Crippen molar-refractivity contribution >= 4 is 11.3 Å². The number of para-hydroxylation sites is 1. The molecule has 2 aromatic rings. The average molecular weight is 331 g/mol. The van der Waals surface area contributed by atoms with Crippen LogP contribution in [0.15, 0.2) is 78.4 Å². The lowest BCUT2D eigenvalue weighted by Crippen LogP contribution is -2.22. The summed E-state index contributed by atoms with van der Waals surface area (Å²) in [4.78, 5) is 2.22. The zero-order chi connectivity index (χ0) is 18.0. The summed E-state index contributed by atoms with van der Waals surface area (Å²) in [6.07, 6.45) is 0. The first-order valence-electron chi connectivity index (χ1n) is 8.69. The number of fused-ring (bicyclic) bond motifs is 1. The fourth-order valence-electron chi connectivity index (χ4n) is 3.47. The number of nitrogens with zero attached hydrogens (tertiary/aromatic N) is 1. The van der Waals surface area contributed by atoms with Gasteiger partial charge in [-0.15, -0.1) is 0 Å². The quantitative estimate of drug-likeness (QED) is 0.415. The lowest BCUT2D eigenvalue weighted by Gasteiger charge is -2.22. The third kappa shape index (κ3) is 3.01. The molecule has 1 aliphatic heterocycles. The van der Waals surface area contributed by atoms with E-state index in [1.54, 1.807) is 0 Å². The Morgan fingerprint density at radius 3 is 2.36 bits per heavy atom. The van der Waals surface area contributed by atoms with Gasteiger partial charge in [0.2, 0.25) is 0 Å². The van der Waals surface area contributed by atoms with Crippen molar-refractivity contribution in [1.29, 1.82) is 0 Å². The van der Waals surface area contributed by atoms with Gasteiger partial charge in [-0.1, -0.05) is 60.8 Å². The van der Waals surface area contributed by atoms with Crippen LogP contribution in [-0.4, -0.2) is 13.7 Å². The lowest BCUT2D eigenvalue weighted by atomic mass is 9.84. The van der Waals surface area contributed by atoms with Crippen molar-refractivity contribution in [3.8, 4) is 0 Å². The van der Waals surface area contributed by atoms with Gasteiger partial charge in [0.15, 0.2) is 0 Å². The van der Waals surface area contributed by atoms with E-state index in [4.69, 9.17) is 4.74 Å². The monoisotopic (exact) mass is 331 g/mol. The van der Waals surface area contributed by atoms with E-state index >= 15 is 0 Å². The first-order valence-corrected chi connectivity index (χ1v) is 8.69. The average Bonchev–Trinajstić information content (AvgIpc) is 2.81. The van der Waals surface area contributed by atoms with E-state index in [0.717, 1.165) is 16.8 Å². The number of benzene rings is 2. The Bertz CT molecular complexity index is 855. The molecule has 2 heteroatoms. The Morgan fingerprint density at radius 1 is 1.08 bits per heavy atom. The van der Waals surface area contributed by atoms with Crippen LogP contribution in [0.25, 0.3) is 5.57 Å². The van der Waals surface area contributed by atoms with E-state index < -0.39 is 0 Å². The topological polar surface area (TPSA) is 12.5 Å². The van der Waals surface area contributed by atoms with Crippen LogP contribution in [0.1, 0.15) is 31.9 Å². The lowest BCUT2D eigenvalue weighted by molar-refractivity contribution is 0.247. The molecule has 0 aliphatic carbocycles. The van der Waals surface area contributed by atoms with Crippen molar-refractivity contribution in [2.45, 2.75) is 26.2 Å². The van der Waals surface area contributed by atoms with E-state index in [1.807, 2.05) is 25.1 Å². The fourth-order valence-corrected chi connectivity index (χ4v) is 3.47. The predicted octanol–water partition coefficient (Wildman–Crippen LogP) is 5.53. The molecule has 0 atom stereocenters. The van der Waals surface area contributed by atoms with Gasteiger partial charge in [-0.2, -0.15) is 0 Å². The molecule has 0 spiro atoms. The highest BCUT2D eigenvalue weighted by Gasteiger charge is 2.38. The number of hydrogen-bond donors (Lipinski definition) is 0. The van der Waals surface area contributed by atoms with Crippen LogP contribution in [-0.2, 0) is 10.2 Å². The molecule has 1 heterocycles. The van der Waals surface area contributed by atoms with Crippen LogP contribution in [0.3, 0.4) is 0 Å². The molecule has 0 radical (unpaired) electrons. The number of ether oxygens (including phenoxy) is 1. The number of likely N-dealkylation sites (N-methyl/N-ethyl adjacent to an activating group) is 1. The number of anilines is 1. The maximum Gasteiger partial charge on any atom is 0.127 e. The fraction of sp³-hybridized carbons (Fsp3) is 0.261. The van der Waals surface area contributed by atoms with Crippen molar-refractivity contribution in [3.63, 3.8) is 0 Å². The predicted molar refractivity (Wildman–Crippen MR) is 106 cm³/mol. The summed E-state index contributed by atoms with van der Waals surface area (Å²) in [5.74, 6) is 0.654. The van der Waals surface area contributed by atoms with Gasteiger partial charge in [0.05, 0.1) is 17.9 Å². The summed E-state index contributed by atoms with van der Waals surface area (Å²) in [5, 5.41) is 0. The zero-order valence-electron chi connectivity index (χ0n) is 15.5. The Morgan fingerprint density at radius 2 is 1.72 bits per heavy atom. The van der Waals surface area contributed by atoms with E-state index in [1.165, 1.54) is 11.3 Å². The minimum absolute atomic E-state index is 0.127. The number of hydrogen-bond acceptors (Lipinski definition) is 2. The molecular weight excluding hydrogens is 306 g/mol. The second-order valence-corrected chi connectivity index (χ2v) is 6.77. The maximum absolute atomic E-state index is 5.72.